The van der Waals surface area contributed by atoms with Crippen molar-refractivity contribution >= 4 is 5.78 Å². The third kappa shape index (κ3) is 1.99. The summed E-state index contributed by atoms with van der Waals surface area (Å²) in [6.45, 7) is 1.56. The Morgan fingerprint density at radius 2 is 1.70 bits per heavy atom. The Balaban J connectivity index is 0.000000810. The predicted molar refractivity (Wildman–Crippen MR) is 37.1 cm³/mol. The smallest absolute Gasteiger partial charge is 0.159 e. The maximum absolute atomic E-state index is 10.6. The van der Waals surface area contributed by atoms with Gasteiger partial charge in [0.05, 0.1) is 0 Å². The number of carbonyl (C=O) groups excluding carboxylic acids is 1. The summed E-state index contributed by atoms with van der Waals surface area (Å²) in [6.07, 6.45) is 0. The van der Waals surface area contributed by atoms with Gasteiger partial charge in [0.15, 0.2) is 5.78 Å². The van der Waals surface area contributed by atoms with E-state index in [4.69, 9.17) is 0 Å². The molecule has 2 radical (unpaired) electrons. The zero-order chi connectivity index (χ0) is 6.69. The molecule has 0 aliphatic rings. The Kier molecular flexibility index (Phi) is 3.36. The molecule has 0 heterocycles. The topological polar surface area (TPSA) is 45.6 Å². The molecular weight excluding hydrogens is 128 g/mol. The lowest BCUT2D eigenvalue weighted by Crippen LogP contribution is -1.88. The van der Waals surface area contributed by atoms with Crippen LogP contribution in [0.3, 0.4) is 0 Å². The second kappa shape index (κ2) is 3.80. The van der Waals surface area contributed by atoms with Crippen molar-refractivity contribution in [2.24, 2.45) is 0 Å². The molecule has 0 spiro atoms. The minimum absolute atomic E-state index is 0. The number of hydrogen-bond donors (Lipinski definition) is 0. The van der Waals surface area contributed by atoms with Gasteiger partial charge in [-0.15, -0.1) is 0 Å². The maximum atomic E-state index is 10.6. The zero-order valence-corrected chi connectivity index (χ0v) is 5.70. The molecule has 0 fully saturated rings. The molecule has 0 N–H and O–H groups in total. The summed E-state index contributed by atoms with van der Waals surface area (Å²) in [5.74, 6) is 0.121. The Morgan fingerprint density at radius 3 is 2.00 bits per heavy atom. The molecule has 0 aliphatic heterocycles. The maximum Gasteiger partial charge on any atom is 0.159 e. The monoisotopic (exact) mass is 136 g/mol. The first-order chi connectivity index (χ1) is 4.30. The molecule has 0 unspecified atom stereocenters. The first-order valence-electron chi connectivity index (χ1n) is 2.86. The van der Waals surface area contributed by atoms with Gasteiger partial charge in [0.25, 0.3) is 0 Å². The molecule has 0 atom stereocenters. The van der Waals surface area contributed by atoms with Gasteiger partial charge in [-0.05, 0) is 6.92 Å². The molecule has 0 aliphatic carbocycles. The first-order valence-corrected chi connectivity index (χ1v) is 2.86. The van der Waals surface area contributed by atoms with Crippen molar-refractivity contribution in [3.05, 3.63) is 35.9 Å². The van der Waals surface area contributed by atoms with Gasteiger partial charge in [0.2, 0.25) is 0 Å². The van der Waals surface area contributed by atoms with E-state index in [1.165, 1.54) is 0 Å². The molecule has 0 bridgehead atoms. The van der Waals surface area contributed by atoms with Gasteiger partial charge >= 0.3 is 0 Å². The van der Waals surface area contributed by atoms with E-state index in [1.807, 2.05) is 30.3 Å². The average molecular weight is 136 g/mol. The third-order valence-electron chi connectivity index (χ3n) is 1.18. The van der Waals surface area contributed by atoms with Crippen LogP contribution < -0.4 is 0 Å². The van der Waals surface area contributed by atoms with E-state index in [0.29, 0.717) is 0 Å². The van der Waals surface area contributed by atoms with Gasteiger partial charge < -0.3 is 0 Å². The van der Waals surface area contributed by atoms with Crippen molar-refractivity contribution in [3.63, 3.8) is 0 Å². The summed E-state index contributed by atoms with van der Waals surface area (Å²) >= 11 is 0. The highest BCUT2D eigenvalue weighted by Crippen LogP contribution is 1.97. The zero-order valence-electron chi connectivity index (χ0n) is 5.70. The molecule has 52 valence electrons. The van der Waals surface area contributed by atoms with E-state index < -0.39 is 0 Å². The largest absolute Gasteiger partial charge is 0.295 e. The van der Waals surface area contributed by atoms with Crippen LogP contribution in [0.5, 0.6) is 0 Å². The van der Waals surface area contributed by atoms with E-state index in [9.17, 15) is 4.79 Å². The van der Waals surface area contributed by atoms with Crippen molar-refractivity contribution in [1.29, 1.82) is 0 Å². The SMILES string of the molecule is CC(=O)c1ccccc1.[O]. The van der Waals surface area contributed by atoms with Crippen molar-refractivity contribution in [1.82, 2.24) is 0 Å². The van der Waals surface area contributed by atoms with Crippen LogP contribution in [0.4, 0.5) is 0 Å². The van der Waals surface area contributed by atoms with E-state index in [0.717, 1.165) is 5.56 Å². The number of hydrogen-bond acceptors (Lipinski definition) is 1. The highest BCUT2D eigenvalue weighted by molar-refractivity contribution is 5.93. The summed E-state index contributed by atoms with van der Waals surface area (Å²) < 4.78 is 0. The van der Waals surface area contributed by atoms with Crippen LogP contribution in [0, 0.1) is 0 Å². The fourth-order valence-electron chi connectivity index (χ4n) is 0.673. The van der Waals surface area contributed by atoms with Crippen LogP contribution >= 0.6 is 0 Å². The van der Waals surface area contributed by atoms with Gasteiger partial charge in [-0.25, -0.2) is 0 Å². The molecule has 0 amide bonds. The highest BCUT2D eigenvalue weighted by Gasteiger charge is 1.92. The molecule has 0 saturated heterocycles. The summed E-state index contributed by atoms with van der Waals surface area (Å²) in [5, 5.41) is 0. The number of carbonyl (C=O) groups is 1. The van der Waals surface area contributed by atoms with Crippen molar-refractivity contribution in [3.8, 4) is 0 Å². The number of rotatable bonds is 1. The Bertz CT molecular complexity index is 204. The molecule has 2 heteroatoms. The second-order valence-electron chi connectivity index (χ2n) is 1.92. The molecule has 1 rings (SSSR count). The quantitative estimate of drug-likeness (QED) is 0.542. The van der Waals surface area contributed by atoms with Crippen LogP contribution in [-0.2, 0) is 5.48 Å². The number of ketones is 1. The molecule has 1 aromatic rings. The van der Waals surface area contributed by atoms with E-state index in [1.54, 1.807) is 6.92 Å². The van der Waals surface area contributed by atoms with E-state index in [2.05, 4.69) is 0 Å². The van der Waals surface area contributed by atoms with Gasteiger partial charge in [-0.2, -0.15) is 0 Å². The minimum atomic E-state index is 0. The number of Topliss-reactive ketones (excluding diaryl/α,β-unsaturated/α-hetero) is 1. The van der Waals surface area contributed by atoms with Gasteiger partial charge in [0.1, 0.15) is 0 Å². The summed E-state index contributed by atoms with van der Waals surface area (Å²) in [6, 6.07) is 9.23. The molecule has 2 nitrogen and oxygen atoms in total. The standard InChI is InChI=1S/C8H8O.O/c1-7(9)8-5-3-2-4-6-8;/h2-6H,1H3;. The van der Waals surface area contributed by atoms with Gasteiger partial charge in [-0.3, -0.25) is 4.79 Å². The van der Waals surface area contributed by atoms with Crippen LogP contribution in [-0.4, -0.2) is 5.78 Å². The fraction of sp³-hybridized carbons (Fsp3) is 0.125. The summed E-state index contributed by atoms with van der Waals surface area (Å²) in [7, 11) is 0. The lowest BCUT2D eigenvalue weighted by molar-refractivity contribution is 0.101. The van der Waals surface area contributed by atoms with E-state index in [-0.39, 0.29) is 11.3 Å². The molecular formula is C8H8O2. The summed E-state index contributed by atoms with van der Waals surface area (Å²) in [5.41, 5.74) is 0.775. The number of benzene rings is 1. The third-order valence-corrected chi connectivity index (χ3v) is 1.18. The van der Waals surface area contributed by atoms with Crippen LogP contribution in [0.25, 0.3) is 0 Å². The normalized spacial score (nSPS) is 8.10. The van der Waals surface area contributed by atoms with Crippen LogP contribution in [0.1, 0.15) is 17.3 Å². The highest BCUT2D eigenvalue weighted by atomic mass is 16.1. The molecule has 0 saturated carbocycles. The Labute approximate surface area is 59.8 Å². The molecule has 0 aromatic heterocycles. The Morgan fingerprint density at radius 1 is 1.20 bits per heavy atom. The average Bonchev–Trinajstić information content (AvgIpc) is 1.90. The first kappa shape index (κ1) is 8.85. The lowest BCUT2D eigenvalue weighted by Gasteiger charge is -1.89. The summed E-state index contributed by atoms with van der Waals surface area (Å²) in [4.78, 5) is 10.6. The lowest BCUT2D eigenvalue weighted by atomic mass is 10.2. The van der Waals surface area contributed by atoms with Crippen molar-refractivity contribution in [2.75, 3.05) is 0 Å². The molecule has 10 heavy (non-hydrogen) atoms. The Hall–Kier alpha value is -1.15. The van der Waals surface area contributed by atoms with E-state index >= 15 is 0 Å². The fourth-order valence-corrected chi connectivity index (χ4v) is 0.673. The van der Waals surface area contributed by atoms with Gasteiger partial charge in [-0.1, -0.05) is 30.3 Å². The van der Waals surface area contributed by atoms with Crippen molar-refractivity contribution < 1.29 is 10.3 Å². The second-order valence-corrected chi connectivity index (χ2v) is 1.92. The van der Waals surface area contributed by atoms with Crippen LogP contribution in [0.2, 0.25) is 0 Å². The molecule has 1 aromatic carbocycles. The van der Waals surface area contributed by atoms with Gasteiger partial charge in [0, 0.05) is 11.0 Å². The minimum Gasteiger partial charge on any atom is -0.295 e. The van der Waals surface area contributed by atoms with Crippen molar-refractivity contribution in [2.45, 2.75) is 6.92 Å². The van der Waals surface area contributed by atoms with Crippen LogP contribution in [0.15, 0.2) is 30.3 Å². The predicted octanol–water partition coefficient (Wildman–Crippen LogP) is 1.77.